The van der Waals surface area contributed by atoms with Gasteiger partial charge in [0.25, 0.3) is 0 Å². The minimum Gasteiger partial charge on any atom is -0.486 e. The SMILES string of the molecule is O=S(=O)(C1CC1)N1CCC2(CC1)C[C@H](Oc1cccnc1)CO2. The van der Waals surface area contributed by atoms with Crippen LogP contribution in [0.2, 0.25) is 0 Å². The molecule has 3 heterocycles. The maximum Gasteiger partial charge on any atom is 0.216 e. The molecule has 1 aromatic rings. The number of pyridine rings is 1. The maximum atomic E-state index is 12.3. The van der Waals surface area contributed by atoms with Gasteiger partial charge in [0, 0.05) is 25.7 Å². The number of hydrogen-bond donors (Lipinski definition) is 0. The Labute approximate surface area is 136 Å². The van der Waals surface area contributed by atoms with Gasteiger partial charge in [-0.3, -0.25) is 4.98 Å². The average Bonchev–Trinajstić information content (AvgIpc) is 3.35. The Morgan fingerprint density at radius 3 is 2.74 bits per heavy atom. The summed E-state index contributed by atoms with van der Waals surface area (Å²) in [5.74, 6) is 0.756. The topological polar surface area (TPSA) is 68.7 Å². The Morgan fingerprint density at radius 2 is 2.09 bits per heavy atom. The number of nitrogens with zero attached hydrogens (tertiary/aromatic N) is 2. The Hall–Kier alpha value is -1.18. The van der Waals surface area contributed by atoms with Gasteiger partial charge in [-0.2, -0.15) is 0 Å². The fraction of sp³-hybridized carbons (Fsp3) is 0.688. The molecule has 1 atom stereocenters. The molecule has 0 radical (unpaired) electrons. The summed E-state index contributed by atoms with van der Waals surface area (Å²) in [6, 6.07) is 3.74. The molecule has 126 valence electrons. The van der Waals surface area contributed by atoms with Gasteiger partial charge < -0.3 is 9.47 Å². The van der Waals surface area contributed by atoms with Crippen molar-refractivity contribution in [3.8, 4) is 5.75 Å². The van der Waals surface area contributed by atoms with Crippen molar-refractivity contribution in [3.63, 3.8) is 0 Å². The van der Waals surface area contributed by atoms with Crippen molar-refractivity contribution in [1.82, 2.24) is 9.29 Å². The van der Waals surface area contributed by atoms with E-state index in [0.29, 0.717) is 19.7 Å². The van der Waals surface area contributed by atoms with Crippen molar-refractivity contribution in [2.45, 2.75) is 49.1 Å². The predicted octanol–water partition coefficient (Wildman–Crippen LogP) is 1.58. The number of ether oxygens (including phenoxy) is 2. The fourth-order valence-electron chi connectivity index (χ4n) is 3.56. The molecular formula is C16H22N2O4S. The highest BCUT2D eigenvalue weighted by atomic mass is 32.2. The van der Waals surface area contributed by atoms with E-state index in [1.807, 2.05) is 12.1 Å². The lowest BCUT2D eigenvalue weighted by atomic mass is 9.89. The van der Waals surface area contributed by atoms with E-state index in [1.165, 1.54) is 0 Å². The van der Waals surface area contributed by atoms with Gasteiger partial charge in [-0.15, -0.1) is 0 Å². The molecule has 1 saturated carbocycles. The molecule has 2 saturated heterocycles. The average molecular weight is 338 g/mol. The molecule has 1 aromatic heterocycles. The van der Waals surface area contributed by atoms with Crippen molar-refractivity contribution >= 4 is 10.0 Å². The Bertz CT molecular complexity index is 652. The molecule has 0 bridgehead atoms. The Balaban J connectivity index is 1.35. The first-order valence-corrected chi connectivity index (χ1v) is 9.77. The minimum absolute atomic E-state index is 0.0192. The lowest BCUT2D eigenvalue weighted by Crippen LogP contribution is -2.47. The van der Waals surface area contributed by atoms with Gasteiger partial charge in [-0.05, 0) is 37.8 Å². The second-order valence-corrected chi connectivity index (χ2v) is 8.98. The van der Waals surface area contributed by atoms with Crippen molar-refractivity contribution < 1.29 is 17.9 Å². The van der Waals surface area contributed by atoms with E-state index in [1.54, 1.807) is 16.7 Å². The van der Waals surface area contributed by atoms with E-state index in [2.05, 4.69) is 4.98 Å². The summed E-state index contributed by atoms with van der Waals surface area (Å²) in [5, 5.41) is -0.122. The standard InChI is InChI=1S/C16H22N2O4S/c19-23(20,15-3-4-15)18-8-5-16(6-9-18)10-14(12-21-16)22-13-2-1-7-17-11-13/h1-2,7,11,14-15H,3-6,8-10,12H2/t14-/m0/s1. The molecule has 6 nitrogen and oxygen atoms in total. The van der Waals surface area contributed by atoms with Crippen LogP contribution < -0.4 is 4.74 Å². The second kappa shape index (κ2) is 5.72. The molecule has 0 unspecified atom stereocenters. The van der Waals surface area contributed by atoms with Crippen LogP contribution in [-0.4, -0.2) is 54.4 Å². The zero-order chi connectivity index (χ0) is 15.9. The van der Waals surface area contributed by atoms with Crippen LogP contribution >= 0.6 is 0 Å². The molecule has 0 amide bonds. The first-order chi connectivity index (χ1) is 11.1. The predicted molar refractivity (Wildman–Crippen MR) is 84.7 cm³/mol. The van der Waals surface area contributed by atoms with Crippen LogP contribution in [0.4, 0.5) is 0 Å². The highest BCUT2D eigenvalue weighted by Gasteiger charge is 2.48. The number of piperidine rings is 1. The fourth-order valence-corrected chi connectivity index (χ4v) is 5.41. The number of hydrogen-bond acceptors (Lipinski definition) is 5. The highest BCUT2D eigenvalue weighted by Crippen LogP contribution is 2.40. The van der Waals surface area contributed by atoms with E-state index in [9.17, 15) is 8.42 Å². The van der Waals surface area contributed by atoms with Crippen LogP contribution in [0.1, 0.15) is 32.1 Å². The van der Waals surface area contributed by atoms with Gasteiger partial charge in [0.15, 0.2) is 0 Å². The summed E-state index contributed by atoms with van der Waals surface area (Å²) in [6.45, 7) is 1.70. The first-order valence-electron chi connectivity index (χ1n) is 8.27. The molecule has 2 aliphatic heterocycles. The normalized spacial score (nSPS) is 28.1. The highest BCUT2D eigenvalue weighted by molar-refractivity contribution is 7.90. The molecule has 4 rings (SSSR count). The Kier molecular flexibility index (Phi) is 3.82. The lowest BCUT2D eigenvalue weighted by Gasteiger charge is -2.37. The van der Waals surface area contributed by atoms with Gasteiger partial charge >= 0.3 is 0 Å². The van der Waals surface area contributed by atoms with Crippen LogP contribution in [-0.2, 0) is 14.8 Å². The zero-order valence-electron chi connectivity index (χ0n) is 13.1. The third kappa shape index (κ3) is 3.09. The number of rotatable bonds is 4. The van der Waals surface area contributed by atoms with E-state index in [-0.39, 0.29) is 17.0 Å². The van der Waals surface area contributed by atoms with Crippen molar-refractivity contribution in [2.24, 2.45) is 0 Å². The maximum absolute atomic E-state index is 12.3. The van der Waals surface area contributed by atoms with E-state index in [0.717, 1.165) is 37.9 Å². The summed E-state index contributed by atoms with van der Waals surface area (Å²) in [4.78, 5) is 4.05. The monoisotopic (exact) mass is 338 g/mol. The molecular weight excluding hydrogens is 316 g/mol. The summed E-state index contributed by atoms with van der Waals surface area (Å²) >= 11 is 0. The van der Waals surface area contributed by atoms with Gasteiger partial charge in [0.05, 0.1) is 23.7 Å². The number of sulfonamides is 1. The molecule has 1 aliphatic carbocycles. The minimum atomic E-state index is -3.06. The first kappa shape index (κ1) is 15.4. The quantitative estimate of drug-likeness (QED) is 0.834. The van der Waals surface area contributed by atoms with E-state index in [4.69, 9.17) is 9.47 Å². The van der Waals surface area contributed by atoms with E-state index < -0.39 is 10.0 Å². The van der Waals surface area contributed by atoms with Gasteiger partial charge in [0.2, 0.25) is 10.0 Å². The summed E-state index contributed by atoms with van der Waals surface area (Å²) in [7, 11) is -3.06. The Morgan fingerprint density at radius 1 is 1.30 bits per heavy atom. The van der Waals surface area contributed by atoms with Gasteiger partial charge in [0.1, 0.15) is 11.9 Å². The van der Waals surface area contributed by atoms with Crippen LogP contribution in [0.25, 0.3) is 0 Å². The zero-order valence-corrected chi connectivity index (χ0v) is 13.9. The summed E-state index contributed by atoms with van der Waals surface area (Å²) in [5.41, 5.74) is -0.220. The van der Waals surface area contributed by atoms with Gasteiger partial charge in [-0.25, -0.2) is 12.7 Å². The lowest BCUT2D eigenvalue weighted by molar-refractivity contribution is -0.0320. The molecule has 3 fully saturated rings. The molecule has 23 heavy (non-hydrogen) atoms. The van der Waals surface area contributed by atoms with Crippen molar-refractivity contribution in [1.29, 1.82) is 0 Å². The van der Waals surface area contributed by atoms with Crippen LogP contribution in [0.15, 0.2) is 24.5 Å². The smallest absolute Gasteiger partial charge is 0.216 e. The van der Waals surface area contributed by atoms with Crippen LogP contribution in [0.5, 0.6) is 5.75 Å². The van der Waals surface area contributed by atoms with Crippen LogP contribution in [0.3, 0.4) is 0 Å². The molecule has 1 spiro atoms. The summed E-state index contributed by atoms with van der Waals surface area (Å²) in [6.07, 6.45) is 7.41. The van der Waals surface area contributed by atoms with E-state index >= 15 is 0 Å². The van der Waals surface area contributed by atoms with Gasteiger partial charge in [-0.1, -0.05) is 0 Å². The van der Waals surface area contributed by atoms with Crippen molar-refractivity contribution in [2.75, 3.05) is 19.7 Å². The molecule has 0 N–H and O–H groups in total. The van der Waals surface area contributed by atoms with Crippen molar-refractivity contribution in [3.05, 3.63) is 24.5 Å². The second-order valence-electron chi connectivity index (χ2n) is 6.77. The third-order valence-corrected chi connectivity index (χ3v) is 7.45. The molecule has 7 heteroatoms. The largest absolute Gasteiger partial charge is 0.486 e. The molecule has 0 aromatic carbocycles. The molecule has 3 aliphatic rings. The third-order valence-electron chi connectivity index (χ3n) is 5.05. The number of aromatic nitrogens is 1. The van der Waals surface area contributed by atoms with Crippen LogP contribution in [0, 0.1) is 0 Å². The summed E-state index contributed by atoms with van der Waals surface area (Å²) < 4.78 is 38.2.